The van der Waals surface area contributed by atoms with E-state index in [9.17, 15) is 5.26 Å². The molecule has 1 saturated carbocycles. The Kier molecular flexibility index (Phi) is 3.53. The molecule has 0 amide bonds. The topological polar surface area (TPSA) is 61.6 Å². The van der Waals surface area contributed by atoms with Crippen LogP contribution in [0.15, 0.2) is 24.3 Å². The zero-order valence-electron chi connectivity index (χ0n) is 14.3. The number of nitrogens with zero attached hydrogens (tertiary/aromatic N) is 3. The quantitative estimate of drug-likeness (QED) is 0.938. The lowest BCUT2D eigenvalue weighted by atomic mass is 9.78. The van der Waals surface area contributed by atoms with E-state index in [-0.39, 0.29) is 0 Å². The highest BCUT2D eigenvalue weighted by atomic mass is 15.2. The summed E-state index contributed by atoms with van der Waals surface area (Å²) < 4.78 is 0. The molecule has 0 saturated heterocycles. The summed E-state index contributed by atoms with van der Waals surface area (Å²) in [6.07, 6.45) is 5.00. The van der Waals surface area contributed by atoms with E-state index in [0.717, 1.165) is 17.8 Å². The van der Waals surface area contributed by atoms with E-state index in [0.29, 0.717) is 22.7 Å². The summed E-state index contributed by atoms with van der Waals surface area (Å²) in [5.41, 5.74) is 5.79. The lowest BCUT2D eigenvalue weighted by Crippen LogP contribution is -2.21. The Hall–Kier alpha value is -2.41. The predicted octanol–water partition coefficient (Wildman–Crippen LogP) is 3.67. The highest BCUT2D eigenvalue weighted by Crippen LogP contribution is 2.60. The van der Waals surface area contributed by atoms with Crippen molar-refractivity contribution in [2.24, 2.45) is 5.92 Å². The Labute approximate surface area is 142 Å². The Bertz CT molecular complexity index is 836. The van der Waals surface area contributed by atoms with Crippen molar-refractivity contribution in [3.05, 3.63) is 52.2 Å². The van der Waals surface area contributed by atoms with Gasteiger partial charge in [0.05, 0.1) is 5.69 Å². The van der Waals surface area contributed by atoms with Crippen LogP contribution in [-0.2, 0) is 11.8 Å². The lowest BCUT2D eigenvalue weighted by Gasteiger charge is -2.26. The molecule has 4 nitrogen and oxygen atoms in total. The molecule has 1 N–H and O–H groups in total. The van der Waals surface area contributed by atoms with Gasteiger partial charge in [0, 0.05) is 12.0 Å². The van der Waals surface area contributed by atoms with E-state index in [4.69, 9.17) is 0 Å². The third kappa shape index (κ3) is 2.27. The number of nitrogens with one attached hydrogen (secondary N) is 1. The standard InChI is InChI=1S/C20H22N4/c1-13-14(2)23-24-19(17(13)11-21)22-12-16-10-20(16)9-5-7-15-6-3-4-8-18(15)20/h3-4,6,8,16H,5,7,9-10,12H2,1-2H3,(H,22,24). The van der Waals surface area contributed by atoms with E-state index in [2.05, 4.69) is 45.8 Å². The van der Waals surface area contributed by atoms with Gasteiger partial charge in [0.2, 0.25) is 0 Å². The Morgan fingerprint density at radius 1 is 1.29 bits per heavy atom. The third-order valence-electron chi connectivity index (χ3n) is 5.94. The molecule has 1 spiro atoms. The number of nitriles is 1. The molecule has 0 aliphatic heterocycles. The van der Waals surface area contributed by atoms with E-state index >= 15 is 0 Å². The van der Waals surface area contributed by atoms with Crippen molar-refractivity contribution in [3.8, 4) is 6.07 Å². The second kappa shape index (κ2) is 5.59. The van der Waals surface area contributed by atoms with E-state index in [1.165, 1.54) is 31.2 Å². The zero-order valence-corrected chi connectivity index (χ0v) is 14.3. The monoisotopic (exact) mass is 318 g/mol. The highest BCUT2D eigenvalue weighted by Gasteiger charge is 2.56. The van der Waals surface area contributed by atoms with E-state index in [1.807, 2.05) is 13.8 Å². The van der Waals surface area contributed by atoms with Crippen LogP contribution in [0.1, 0.15) is 47.2 Å². The van der Waals surface area contributed by atoms with Crippen molar-refractivity contribution in [2.75, 3.05) is 11.9 Å². The first-order valence-corrected chi connectivity index (χ1v) is 8.72. The maximum Gasteiger partial charge on any atom is 0.166 e. The van der Waals surface area contributed by atoms with Crippen molar-refractivity contribution in [1.29, 1.82) is 5.26 Å². The molecule has 2 aliphatic carbocycles. The molecular formula is C20H22N4. The Balaban J connectivity index is 1.53. The first kappa shape index (κ1) is 15.1. The number of rotatable bonds is 3. The van der Waals surface area contributed by atoms with Crippen molar-refractivity contribution < 1.29 is 0 Å². The average molecular weight is 318 g/mol. The molecular weight excluding hydrogens is 296 g/mol. The van der Waals surface area contributed by atoms with Crippen LogP contribution >= 0.6 is 0 Å². The van der Waals surface area contributed by atoms with Crippen molar-refractivity contribution in [1.82, 2.24) is 10.2 Å². The van der Waals surface area contributed by atoms with E-state index < -0.39 is 0 Å². The fourth-order valence-electron chi connectivity index (χ4n) is 4.33. The van der Waals surface area contributed by atoms with Crippen LogP contribution in [0, 0.1) is 31.1 Å². The summed E-state index contributed by atoms with van der Waals surface area (Å²) in [6.45, 7) is 4.69. The molecule has 4 rings (SSSR count). The average Bonchev–Trinajstić information content (AvgIpc) is 3.29. The van der Waals surface area contributed by atoms with Gasteiger partial charge in [0.25, 0.3) is 0 Å². The van der Waals surface area contributed by atoms with Crippen LogP contribution in [0.5, 0.6) is 0 Å². The van der Waals surface area contributed by atoms with Crippen LogP contribution in [0.4, 0.5) is 5.82 Å². The number of fused-ring (bicyclic) bond motifs is 2. The minimum absolute atomic E-state index is 0.349. The lowest BCUT2D eigenvalue weighted by molar-refractivity contribution is 0.503. The van der Waals surface area contributed by atoms with Gasteiger partial charge in [-0.1, -0.05) is 24.3 Å². The van der Waals surface area contributed by atoms with E-state index in [1.54, 1.807) is 5.56 Å². The van der Waals surface area contributed by atoms with Gasteiger partial charge in [0.1, 0.15) is 11.6 Å². The number of hydrogen-bond donors (Lipinski definition) is 1. The molecule has 2 atom stereocenters. The molecule has 0 radical (unpaired) electrons. The summed E-state index contributed by atoms with van der Waals surface area (Å²) in [5.74, 6) is 1.25. The normalized spacial score (nSPS) is 24.3. The van der Waals surface area contributed by atoms with Crippen molar-refractivity contribution >= 4 is 5.82 Å². The molecule has 1 fully saturated rings. The predicted molar refractivity (Wildman–Crippen MR) is 93.9 cm³/mol. The summed E-state index contributed by atoms with van der Waals surface area (Å²) in [4.78, 5) is 0. The van der Waals surface area contributed by atoms with Crippen LogP contribution in [0.2, 0.25) is 0 Å². The SMILES string of the molecule is Cc1nnc(NCC2CC23CCCc2ccccc23)c(C#N)c1C. The molecule has 1 aromatic carbocycles. The van der Waals surface area contributed by atoms with Crippen molar-refractivity contribution in [3.63, 3.8) is 0 Å². The molecule has 4 heteroatoms. The molecule has 122 valence electrons. The molecule has 1 heterocycles. The van der Waals surface area contributed by atoms with Gasteiger partial charge < -0.3 is 5.32 Å². The summed E-state index contributed by atoms with van der Waals surface area (Å²) in [6, 6.07) is 11.2. The minimum atomic E-state index is 0.349. The number of anilines is 1. The number of benzene rings is 1. The molecule has 2 aliphatic rings. The smallest absolute Gasteiger partial charge is 0.166 e. The highest BCUT2D eigenvalue weighted by molar-refractivity contribution is 5.56. The summed E-state index contributed by atoms with van der Waals surface area (Å²) >= 11 is 0. The van der Waals surface area contributed by atoms with Crippen LogP contribution in [0.3, 0.4) is 0 Å². The molecule has 2 unspecified atom stereocenters. The third-order valence-corrected chi connectivity index (χ3v) is 5.94. The Morgan fingerprint density at radius 2 is 2.12 bits per heavy atom. The first-order valence-electron chi connectivity index (χ1n) is 8.72. The van der Waals surface area contributed by atoms with Crippen LogP contribution in [-0.4, -0.2) is 16.7 Å². The maximum absolute atomic E-state index is 9.42. The minimum Gasteiger partial charge on any atom is -0.367 e. The summed E-state index contributed by atoms with van der Waals surface area (Å²) in [5, 5.41) is 21.2. The number of aryl methyl sites for hydroxylation is 2. The second-order valence-corrected chi connectivity index (χ2v) is 7.19. The molecule has 24 heavy (non-hydrogen) atoms. The fourth-order valence-corrected chi connectivity index (χ4v) is 4.33. The van der Waals surface area contributed by atoms with Crippen molar-refractivity contribution in [2.45, 2.75) is 44.9 Å². The molecule has 0 bridgehead atoms. The summed E-state index contributed by atoms with van der Waals surface area (Å²) in [7, 11) is 0. The number of aromatic nitrogens is 2. The van der Waals surface area contributed by atoms with Gasteiger partial charge in [0.15, 0.2) is 5.82 Å². The van der Waals surface area contributed by atoms with Gasteiger partial charge in [-0.3, -0.25) is 0 Å². The number of hydrogen-bond acceptors (Lipinski definition) is 4. The van der Waals surface area contributed by atoms with Crippen LogP contribution in [0.25, 0.3) is 0 Å². The first-order chi connectivity index (χ1) is 11.7. The molecule has 2 aromatic rings. The van der Waals surface area contributed by atoms with Gasteiger partial charge >= 0.3 is 0 Å². The Morgan fingerprint density at radius 3 is 2.96 bits per heavy atom. The zero-order chi connectivity index (χ0) is 16.7. The largest absolute Gasteiger partial charge is 0.367 e. The second-order valence-electron chi connectivity index (χ2n) is 7.19. The van der Waals surface area contributed by atoms with Crippen LogP contribution < -0.4 is 5.32 Å². The fraction of sp³-hybridized carbons (Fsp3) is 0.450. The van der Waals surface area contributed by atoms with Gasteiger partial charge in [-0.25, -0.2) is 0 Å². The maximum atomic E-state index is 9.42. The van der Waals surface area contributed by atoms with Gasteiger partial charge in [-0.2, -0.15) is 10.4 Å². The molecule has 1 aromatic heterocycles. The van der Waals surface area contributed by atoms with Gasteiger partial charge in [-0.15, -0.1) is 5.10 Å². The van der Waals surface area contributed by atoms with Gasteiger partial charge in [-0.05, 0) is 62.1 Å².